The predicted octanol–water partition coefficient (Wildman–Crippen LogP) is 4.84. The molecule has 0 aliphatic rings. The van der Waals surface area contributed by atoms with Crippen LogP contribution in [0, 0.1) is 12.3 Å². The molecule has 32 heavy (non-hydrogen) atoms. The van der Waals surface area contributed by atoms with Crippen LogP contribution in [0.1, 0.15) is 24.2 Å². The number of nitrogens with one attached hydrogen (secondary N) is 3. The Morgan fingerprint density at radius 3 is 2.72 bits per heavy atom. The summed E-state index contributed by atoms with van der Waals surface area (Å²) in [5, 5.41) is 16.2. The minimum Gasteiger partial charge on any atom is -0.388 e. The molecule has 0 aliphatic carbocycles. The number of hydrogen-bond acceptors (Lipinski definition) is 6. The van der Waals surface area contributed by atoms with E-state index in [0.717, 1.165) is 46.0 Å². The van der Waals surface area contributed by atoms with Crippen molar-refractivity contribution in [2.24, 2.45) is 12.8 Å². The molecular weight excluding hydrogens is 398 g/mol. The van der Waals surface area contributed by atoms with Gasteiger partial charge >= 0.3 is 0 Å². The molecular formula is C25H29N7. The fraction of sp³-hybridized carbons (Fsp3) is 0.240. The fourth-order valence-electron chi connectivity index (χ4n) is 3.85. The van der Waals surface area contributed by atoms with Gasteiger partial charge in [-0.2, -0.15) is 0 Å². The molecule has 0 amide bonds. The molecule has 0 radical (unpaired) electrons. The Morgan fingerprint density at radius 1 is 1.09 bits per heavy atom. The molecule has 4 aromatic rings. The summed E-state index contributed by atoms with van der Waals surface area (Å²) >= 11 is 0. The van der Waals surface area contributed by atoms with Gasteiger partial charge in [-0.3, -0.25) is 0 Å². The number of nitrogens with zero attached hydrogens (tertiary/aromatic N) is 3. The summed E-state index contributed by atoms with van der Waals surface area (Å²) in [6, 6.07) is 16.4. The van der Waals surface area contributed by atoms with Gasteiger partial charge in [-0.25, -0.2) is 9.97 Å². The Balaban J connectivity index is 1.64. The molecule has 0 saturated heterocycles. The quantitative estimate of drug-likeness (QED) is 0.301. The molecule has 5 N–H and O–H groups in total. The van der Waals surface area contributed by atoms with E-state index in [0.29, 0.717) is 24.5 Å². The number of aryl methyl sites for hydroxylation is 2. The number of nitrogens with two attached hydrogens (primary N) is 1. The van der Waals surface area contributed by atoms with Gasteiger partial charge in [0, 0.05) is 60.1 Å². The molecule has 7 heteroatoms. The van der Waals surface area contributed by atoms with Gasteiger partial charge in [0.15, 0.2) is 0 Å². The van der Waals surface area contributed by atoms with E-state index in [1.54, 1.807) is 0 Å². The first-order chi connectivity index (χ1) is 15.5. The first-order valence-electron chi connectivity index (χ1n) is 10.8. The molecule has 0 aliphatic heterocycles. The lowest BCUT2D eigenvalue weighted by molar-refractivity contribution is 0.874. The van der Waals surface area contributed by atoms with Crippen molar-refractivity contribution in [3.8, 4) is 11.3 Å². The van der Waals surface area contributed by atoms with Crippen molar-refractivity contribution in [1.29, 1.82) is 5.41 Å². The van der Waals surface area contributed by atoms with Crippen LogP contribution in [-0.2, 0) is 7.05 Å². The number of benzene rings is 2. The summed E-state index contributed by atoms with van der Waals surface area (Å²) in [4.78, 5) is 9.22. The highest BCUT2D eigenvalue weighted by atomic mass is 15.0. The SMILES string of the molecule is CNc1cc(-c2cc(Nc3ccc4ccn(C)c4c3)nc(C)n2)ccc1C(=N)CCCN. The minimum absolute atomic E-state index is 0.586. The standard InChI is InChI=1S/C25H29N7/c1-16-29-22(18-7-9-20(23(13-18)28-2)21(27)5-4-11-26)15-25(30-16)31-19-8-6-17-10-12-32(3)24(17)14-19/h6-10,12-15,27-28H,4-5,11,26H2,1-3H3,(H,29,30,31). The third kappa shape index (κ3) is 4.48. The molecule has 164 valence electrons. The smallest absolute Gasteiger partial charge is 0.134 e. The molecule has 7 nitrogen and oxygen atoms in total. The van der Waals surface area contributed by atoms with E-state index in [2.05, 4.69) is 55.6 Å². The normalized spacial score (nSPS) is 11.0. The van der Waals surface area contributed by atoms with Crippen LogP contribution in [-0.4, -0.2) is 33.8 Å². The van der Waals surface area contributed by atoms with E-state index >= 15 is 0 Å². The number of anilines is 3. The predicted molar refractivity (Wildman–Crippen MR) is 133 cm³/mol. The largest absolute Gasteiger partial charge is 0.388 e. The van der Waals surface area contributed by atoms with Crippen molar-refractivity contribution in [2.75, 3.05) is 24.2 Å². The second-order valence-corrected chi connectivity index (χ2v) is 7.89. The average molecular weight is 428 g/mol. The maximum atomic E-state index is 8.37. The van der Waals surface area contributed by atoms with Gasteiger partial charge in [-0.1, -0.05) is 18.2 Å². The molecule has 2 aromatic carbocycles. The van der Waals surface area contributed by atoms with Crippen LogP contribution in [0.5, 0.6) is 0 Å². The van der Waals surface area contributed by atoms with Crippen molar-refractivity contribution >= 4 is 33.8 Å². The minimum atomic E-state index is 0.586. The highest BCUT2D eigenvalue weighted by Crippen LogP contribution is 2.28. The molecule has 0 fully saturated rings. The van der Waals surface area contributed by atoms with Crippen molar-refractivity contribution in [2.45, 2.75) is 19.8 Å². The summed E-state index contributed by atoms with van der Waals surface area (Å²) in [6.07, 6.45) is 3.52. The second kappa shape index (κ2) is 9.20. The molecule has 0 spiro atoms. The van der Waals surface area contributed by atoms with Gasteiger partial charge in [0.25, 0.3) is 0 Å². The number of fused-ring (bicyclic) bond motifs is 1. The zero-order chi connectivity index (χ0) is 22.7. The summed E-state index contributed by atoms with van der Waals surface area (Å²) in [5.41, 5.74) is 11.9. The summed E-state index contributed by atoms with van der Waals surface area (Å²) in [7, 11) is 3.91. The number of hydrogen-bond donors (Lipinski definition) is 4. The van der Waals surface area contributed by atoms with E-state index in [1.165, 1.54) is 5.39 Å². The highest BCUT2D eigenvalue weighted by molar-refractivity contribution is 6.03. The molecule has 4 rings (SSSR count). The van der Waals surface area contributed by atoms with Crippen LogP contribution in [0.15, 0.2) is 54.7 Å². The van der Waals surface area contributed by atoms with Gasteiger partial charge in [-0.05, 0) is 56.0 Å². The second-order valence-electron chi connectivity index (χ2n) is 7.89. The highest BCUT2D eigenvalue weighted by Gasteiger charge is 2.11. The van der Waals surface area contributed by atoms with Crippen molar-refractivity contribution in [3.05, 3.63) is 66.1 Å². The Kier molecular flexibility index (Phi) is 6.18. The lowest BCUT2D eigenvalue weighted by atomic mass is 10.00. The van der Waals surface area contributed by atoms with Crippen LogP contribution < -0.4 is 16.4 Å². The Hall–Kier alpha value is -3.71. The number of aromatic nitrogens is 3. The maximum absolute atomic E-state index is 8.37. The third-order valence-corrected chi connectivity index (χ3v) is 5.54. The van der Waals surface area contributed by atoms with Crippen LogP contribution in [0.2, 0.25) is 0 Å². The van der Waals surface area contributed by atoms with E-state index in [1.807, 2.05) is 45.3 Å². The van der Waals surface area contributed by atoms with Crippen molar-refractivity contribution in [1.82, 2.24) is 14.5 Å². The zero-order valence-corrected chi connectivity index (χ0v) is 18.7. The zero-order valence-electron chi connectivity index (χ0n) is 18.7. The summed E-state index contributed by atoms with van der Waals surface area (Å²) in [5.74, 6) is 1.43. The summed E-state index contributed by atoms with van der Waals surface area (Å²) < 4.78 is 2.10. The molecule has 0 atom stereocenters. The van der Waals surface area contributed by atoms with Gasteiger partial charge in [0.2, 0.25) is 0 Å². The molecule has 2 aromatic heterocycles. The van der Waals surface area contributed by atoms with Gasteiger partial charge in [0.05, 0.1) is 5.69 Å². The van der Waals surface area contributed by atoms with Gasteiger partial charge in [-0.15, -0.1) is 0 Å². The van der Waals surface area contributed by atoms with Gasteiger partial charge < -0.3 is 26.3 Å². The Bertz CT molecular complexity index is 1270. The Labute approximate surface area is 188 Å². The van der Waals surface area contributed by atoms with Crippen LogP contribution in [0.3, 0.4) is 0 Å². The number of rotatable bonds is 8. The van der Waals surface area contributed by atoms with E-state index < -0.39 is 0 Å². The molecule has 2 heterocycles. The first-order valence-corrected chi connectivity index (χ1v) is 10.8. The maximum Gasteiger partial charge on any atom is 0.134 e. The van der Waals surface area contributed by atoms with Crippen LogP contribution >= 0.6 is 0 Å². The van der Waals surface area contributed by atoms with Gasteiger partial charge in [0.1, 0.15) is 11.6 Å². The van der Waals surface area contributed by atoms with Crippen molar-refractivity contribution < 1.29 is 0 Å². The molecule has 0 saturated carbocycles. The lowest BCUT2D eigenvalue weighted by Gasteiger charge is -2.14. The fourth-order valence-corrected chi connectivity index (χ4v) is 3.85. The van der Waals surface area contributed by atoms with Crippen molar-refractivity contribution in [3.63, 3.8) is 0 Å². The average Bonchev–Trinajstić information content (AvgIpc) is 3.16. The molecule has 0 bridgehead atoms. The first kappa shape index (κ1) is 21.5. The van der Waals surface area contributed by atoms with Crippen LogP contribution in [0.25, 0.3) is 22.2 Å². The summed E-state index contributed by atoms with van der Waals surface area (Å²) in [6.45, 7) is 2.48. The van der Waals surface area contributed by atoms with E-state index in [4.69, 9.17) is 11.1 Å². The lowest BCUT2D eigenvalue weighted by Crippen LogP contribution is -2.07. The van der Waals surface area contributed by atoms with Crippen LogP contribution in [0.4, 0.5) is 17.2 Å². The third-order valence-electron chi connectivity index (χ3n) is 5.54. The van der Waals surface area contributed by atoms with E-state index in [-0.39, 0.29) is 0 Å². The monoisotopic (exact) mass is 427 g/mol. The van der Waals surface area contributed by atoms with E-state index in [9.17, 15) is 0 Å². The Morgan fingerprint density at radius 2 is 1.94 bits per heavy atom. The topological polar surface area (TPSA) is 105 Å². The molecule has 0 unspecified atom stereocenters.